The van der Waals surface area contributed by atoms with E-state index in [1.54, 1.807) is 6.07 Å². The number of rotatable bonds is 7. The van der Waals surface area contributed by atoms with Gasteiger partial charge in [0, 0.05) is 44.5 Å². The number of alkyl halides is 3. The number of carbonyl (C=O) groups is 1. The van der Waals surface area contributed by atoms with E-state index in [0.29, 0.717) is 29.8 Å². The smallest absolute Gasteiger partial charge is 0.366 e. The van der Waals surface area contributed by atoms with Crippen LogP contribution in [0.4, 0.5) is 18.9 Å². The van der Waals surface area contributed by atoms with Crippen LogP contribution in [0.3, 0.4) is 0 Å². The van der Waals surface area contributed by atoms with E-state index in [9.17, 15) is 28.1 Å². The summed E-state index contributed by atoms with van der Waals surface area (Å²) in [5, 5.41) is 11.7. The number of hydrogen-bond acceptors (Lipinski definition) is 5. The molecule has 3 N–H and O–H groups in total. The molecule has 1 aromatic heterocycles. The summed E-state index contributed by atoms with van der Waals surface area (Å²) in [5.41, 5.74) is 6.58. The van der Waals surface area contributed by atoms with E-state index in [2.05, 4.69) is 14.8 Å². The lowest BCUT2D eigenvalue weighted by atomic mass is 9.97. The summed E-state index contributed by atoms with van der Waals surface area (Å²) in [6, 6.07) is 10.5. The van der Waals surface area contributed by atoms with Crippen LogP contribution in [0.5, 0.6) is 0 Å². The molecule has 36 heavy (non-hydrogen) atoms. The van der Waals surface area contributed by atoms with E-state index in [0.717, 1.165) is 38.3 Å². The second-order valence-corrected chi connectivity index (χ2v) is 8.84. The number of nitrogens with two attached hydrogens (primary N) is 1. The predicted octanol–water partition coefficient (Wildman–Crippen LogP) is 4.16. The summed E-state index contributed by atoms with van der Waals surface area (Å²) in [6.45, 7) is 4.04. The molecule has 1 amide bonds. The van der Waals surface area contributed by atoms with Crippen molar-refractivity contribution in [3.8, 4) is 22.5 Å². The van der Waals surface area contributed by atoms with E-state index in [4.69, 9.17) is 5.73 Å². The van der Waals surface area contributed by atoms with E-state index in [1.807, 2.05) is 7.05 Å². The van der Waals surface area contributed by atoms with Gasteiger partial charge in [0.25, 0.3) is 11.6 Å². The molecule has 0 bridgehead atoms. The zero-order valence-corrected chi connectivity index (χ0v) is 19.6. The maximum atomic E-state index is 13.1. The fourth-order valence-electron chi connectivity index (χ4n) is 4.52. The van der Waals surface area contributed by atoms with Crippen LogP contribution >= 0.6 is 0 Å². The molecule has 0 saturated carbocycles. The Morgan fingerprint density at radius 2 is 1.69 bits per heavy atom. The van der Waals surface area contributed by atoms with Gasteiger partial charge in [-0.1, -0.05) is 24.3 Å². The molecule has 1 saturated heterocycles. The summed E-state index contributed by atoms with van der Waals surface area (Å²) >= 11 is 0. The monoisotopic (exact) mass is 501 g/mol. The minimum Gasteiger partial charge on any atom is -0.366 e. The zero-order chi connectivity index (χ0) is 26.0. The van der Waals surface area contributed by atoms with Crippen LogP contribution in [0, 0.1) is 10.1 Å². The number of nitro groups is 1. The van der Waals surface area contributed by atoms with Crippen LogP contribution in [-0.4, -0.2) is 65.4 Å². The maximum Gasteiger partial charge on any atom is 0.416 e. The fraction of sp³-hybridized carbons (Fsp3) is 0.320. The van der Waals surface area contributed by atoms with Crippen LogP contribution in [0.25, 0.3) is 22.5 Å². The molecule has 0 unspecified atom stereocenters. The quantitative estimate of drug-likeness (QED) is 0.373. The van der Waals surface area contributed by atoms with E-state index in [1.165, 1.54) is 30.3 Å². The number of halogens is 3. The summed E-state index contributed by atoms with van der Waals surface area (Å²) in [6.07, 6.45) is -4.11. The standard InChI is InChI=1S/C25H26F3N5O3/c1-31-12-14-32(15-13-31)11-10-19-21(24(29)34)23(18-4-2-3-5-20(18)33(35)36)30-22(19)16-6-8-17(9-7-16)25(26,27)28/h2-9,30H,10-15H2,1H3,(H2,29,34). The molecule has 1 aliphatic heterocycles. The number of nitro benzene ring substituents is 1. The highest BCUT2D eigenvalue weighted by atomic mass is 19.4. The van der Waals surface area contributed by atoms with Crippen molar-refractivity contribution in [3.63, 3.8) is 0 Å². The number of likely N-dealkylation sites (N-methyl/N-ethyl adjacent to an activating group) is 1. The van der Waals surface area contributed by atoms with E-state index < -0.39 is 22.6 Å². The number of nitrogens with one attached hydrogen (secondary N) is 1. The number of benzene rings is 2. The Morgan fingerprint density at radius 1 is 1.06 bits per heavy atom. The van der Waals surface area contributed by atoms with Gasteiger partial charge in [-0.3, -0.25) is 14.9 Å². The van der Waals surface area contributed by atoms with Gasteiger partial charge in [-0.15, -0.1) is 0 Å². The molecular formula is C25H26F3N5O3. The second-order valence-electron chi connectivity index (χ2n) is 8.84. The van der Waals surface area contributed by atoms with E-state index >= 15 is 0 Å². The van der Waals surface area contributed by atoms with Crippen molar-refractivity contribution in [3.05, 3.63) is 75.3 Å². The molecule has 4 rings (SSSR count). The molecule has 0 spiro atoms. The maximum absolute atomic E-state index is 13.1. The highest BCUT2D eigenvalue weighted by Gasteiger charge is 2.31. The molecule has 1 fully saturated rings. The van der Waals surface area contributed by atoms with Gasteiger partial charge in [-0.25, -0.2) is 0 Å². The average molecular weight is 502 g/mol. The molecule has 0 atom stereocenters. The number of nitrogens with zero attached hydrogens (tertiary/aromatic N) is 3. The van der Waals surface area contributed by atoms with Gasteiger partial charge >= 0.3 is 6.18 Å². The van der Waals surface area contributed by atoms with Gasteiger partial charge in [-0.05, 0) is 42.8 Å². The molecule has 1 aliphatic rings. The van der Waals surface area contributed by atoms with Crippen LogP contribution in [0.1, 0.15) is 21.5 Å². The van der Waals surface area contributed by atoms with Crippen molar-refractivity contribution in [2.45, 2.75) is 12.6 Å². The SMILES string of the molecule is CN1CCN(CCc2c(-c3ccc(C(F)(F)F)cc3)[nH]c(-c3ccccc3[N+](=O)[O-])c2C(N)=O)CC1. The van der Waals surface area contributed by atoms with Gasteiger partial charge in [0.1, 0.15) is 0 Å². The summed E-state index contributed by atoms with van der Waals surface area (Å²) in [4.78, 5) is 31.4. The van der Waals surface area contributed by atoms with Gasteiger partial charge < -0.3 is 20.5 Å². The predicted molar refractivity (Wildman–Crippen MR) is 129 cm³/mol. The average Bonchev–Trinajstić information content (AvgIpc) is 3.23. The van der Waals surface area contributed by atoms with Crippen molar-refractivity contribution in [2.75, 3.05) is 39.8 Å². The Hall–Kier alpha value is -3.70. The Balaban J connectivity index is 1.83. The lowest BCUT2D eigenvalue weighted by Gasteiger charge is -2.32. The number of para-hydroxylation sites is 1. The molecule has 3 aromatic rings. The number of aromatic amines is 1. The third kappa shape index (κ3) is 5.26. The third-order valence-corrected chi connectivity index (χ3v) is 6.49. The van der Waals surface area contributed by atoms with Crippen LogP contribution in [0.15, 0.2) is 48.5 Å². The van der Waals surface area contributed by atoms with E-state index in [-0.39, 0.29) is 22.5 Å². The number of primary amides is 1. The number of H-pyrrole nitrogens is 1. The Morgan fingerprint density at radius 3 is 2.28 bits per heavy atom. The molecular weight excluding hydrogens is 475 g/mol. The van der Waals surface area contributed by atoms with Crippen molar-refractivity contribution in [1.82, 2.24) is 14.8 Å². The van der Waals surface area contributed by atoms with Crippen LogP contribution in [-0.2, 0) is 12.6 Å². The Labute approximate surface area is 205 Å². The van der Waals surface area contributed by atoms with Crippen molar-refractivity contribution < 1.29 is 22.9 Å². The first-order chi connectivity index (χ1) is 17.1. The lowest BCUT2D eigenvalue weighted by molar-refractivity contribution is -0.384. The minimum atomic E-state index is -4.49. The first kappa shape index (κ1) is 25.4. The molecule has 2 aromatic carbocycles. The molecule has 8 nitrogen and oxygen atoms in total. The van der Waals surface area contributed by atoms with Crippen molar-refractivity contribution >= 4 is 11.6 Å². The Kier molecular flexibility index (Phi) is 7.14. The number of aromatic nitrogens is 1. The van der Waals surface area contributed by atoms with Crippen LogP contribution < -0.4 is 5.73 Å². The number of piperazine rings is 1. The van der Waals surface area contributed by atoms with Crippen LogP contribution in [0.2, 0.25) is 0 Å². The third-order valence-electron chi connectivity index (χ3n) is 6.49. The van der Waals surface area contributed by atoms with Gasteiger partial charge in [-0.2, -0.15) is 13.2 Å². The molecule has 190 valence electrons. The summed E-state index contributed by atoms with van der Waals surface area (Å²) in [7, 11) is 2.04. The highest BCUT2D eigenvalue weighted by Crippen LogP contribution is 2.39. The normalized spacial score (nSPS) is 15.2. The summed E-state index contributed by atoms with van der Waals surface area (Å²) < 4.78 is 39.4. The summed E-state index contributed by atoms with van der Waals surface area (Å²) in [5.74, 6) is -0.772. The molecule has 0 aliphatic carbocycles. The van der Waals surface area contributed by atoms with Gasteiger partial charge in [0.05, 0.1) is 27.3 Å². The second kappa shape index (κ2) is 10.1. The molecule has 11 heteroatoms. The topological polar surface area (TPSA) is 108 Å². The fourth-order valence-corrected chi connectivity index (χ4v) is 4.52. The first-order valence-corrected chi connectivity index (χ1v) is 11.4. The molecule has 2 heterocycles. The largest absolute Gasteiger partial charge is 0.416 e. The Bertz CT molecular complexity index is 1260. The van der Waals surface area contributed by atoms with Crippen molar-refractivity contribution in [1.29, 1.82) is 0 Å². The lowest BCUT2D eigenvalue weighted by Crippen LogP contribution is -2.45. The number of amides is 1. The zero-order valence-electron chi connectivity index (χ0n) is 19.6. The van der Waals surface area contributed by atoms with Gasteiger partial charge in [0.2, 0.25) is 0 Å². The highest BCUT2D eigenvalue weighted by molar-refractivity contribution is 6.03. The number of hydrogen-bond donors (Lipinski definition) is 2. The molecule has 0 radical (unpaired) electrons. The van der Waals surface area contributed by atoms with Gasteiger partial charge in [0.15, 0.2) is 0 Å². The first-order valence-electron chi connectivity index (χ1n) is 11.4. The minimum absolute atomic E-state index is 0.105. The van der Waals surface area contributed by atoms with Crippen molar-refractivity contribution in [2.24, 2.45) is 5.73 Å². The number of carbonyl (C=O) groups excluding carboxylic acids is 1.